The number of carbonyl (C=O) groups is 3. The number of alkyl carbamates (subject to hydrolysis) is 1. The minimum absolute atomic E-state index is 0.101. The summed E-state index contributed by atoms with van der Waals surface area (Å²) < 4.78 is 10.8. The Morgan fingerprint density at radius 3 is 2.12 bits per heavy atom. The van der Waals surface area contributed by atoms with Crippen molar-refractivity contribution in [2.24, 2.45) is 0 Å². The molecule has 2 aromatic carbocycles. The lowest BCUT2D eigenvalue weighted by molar-refractivity contribution is -0.142. The molecule has 8 nitrogen and oxygen atoms in total. The Morgan fingerprint density at radius 2 is 1.59 bits per heavy atom. The van der Waals surface area contributed by atoms with Gasteiger partial charge in [-0.05, 0) is 35.6 Å². The number of aliphatic carboxylic acids is 1. The number of ether oxygens (including phenoxy) is 2. The van der Waals surface area contributed by atoms with E-state index in [1.807, 2.05) is 55.5 Å². The normalized spacial score (nSPS) is 14.9. The molecule has 0 fully saturated rings. The highest BCUT2D eigenvalue weighted by atomic mass is 16.5. The van der Waals surface area contributed by atoms with Crippen LogP contribution in [0.25, 0.3) is 11.1 Å². The lowest BCUT2D eigenvalue weighted by Crippen LogP contribution is -2.56. The first-order valence-corrected chi connectivity index (χ1v) is 11.5. The molecule has 2 aromatic rings. The van der Waals surface area contributed by atoms with E-state index in [4.69, 9.17) is 9.47 Å². The van der Waals surface area contributed by atoms with Crippen LogP contribution >= 0.6 is 0 Å². The molecule has 0 radical (unpaired) electrons. The summed E-state index contributed by atoms with van der Waals surface area (Å²) in [6, 6.07) is 13.9. The zero-order chi connectivity index (χ0) is 24.7. The molecule has 182 valence electrons. The number of carboxylic acids is 1. The third-order valence-electron chi connectivity index (χ3n) is 6.20. The van der Waals surface area contributed by atoms with Crippen LogP contribution in [0, 0.1) is 0 Å². The Morgan fingerprint density at radius 1 is 1.00 bits per heavy atom. The summed E-state index contributed by atoms with van der Waals surface area (Å²) in [5.41, 5.74) is 4.39. The van der Waals surface area contributed by atoms with Crippen LogP contribution in [0.15, 0.2) is 48.5 Å². The van der Waals surface area contributed by atoms with Gasteiger partial charge in [-0.3, -0.25) is 4.79 Å². The van der Waals surface area contributed by atoms with Crippen LogP contribution in [0.2, 0.25) is 0 Å². The second-order valence-electron chi connectivity index (χ2n) is 8.43. The first kappa shape index (κ1) is 25.2. The number of amides is 2. The summed E-state index contributed by atoms with van der Waals surface area (Å²) in [5, 5.41) is 14.5. The van der Waals surface area contributed by atoms with Gasteiger partial charge >= 0.3 is 12.1 Å². The van der Waals surface area contributed by atoms with Crippen LogP contribution in [0.5, 0.6) is 0 Å². The van der Waals surface area contributed by atoms with E-state index in [1.54, 1.807) is 6.92 Å². The van der Waals surface area contributed by atoms with E-state index in [1.165, 1.54) is 7.11 Å². The predicted octanol–water partition coefficient (Wildman–Crippen LogP) is 3.69. The molecule has 3 atom stereocenters. The lowest BCUT2D eigenvalue weighted by atomic mass is 9.98. The maximum absolute atomic E-state index is 12.8. The van der Waals surface area contributed by atoms with Gasteiger partial charge in [-0.1, -0.05) is 68.3 Å². The van der Waals surface area contributed by atoms with Gasteiger partial charge in [0.25, 0.3) is 0 Å². The fourth-order valence-corrected chi connectivity index (χ4v) is 4.23. The Hall–Kier alpha value is -3.39. The Kier molecular flexibility index (Phi) is 8.65. The van der Waals surface area contributed by atoms with E-state index >= 15 is 0 Å². The maximum Gasteiger partial charge on any atom is 0.407 e. The van der Waals surface area contributed by atoms with Crippen LogP contribution in [0.3, 0.4) is 0 Å². The smallest absolute Gasteiger partial charge is 0.407 e. The predicted molar refractivity (Wildman–Crippen MR) is 128 cm³/mol. The minimum Gasteiger partial charge on any atom is -0.480 e. The van der Waals surface area contributed by atoms with E-state index < -0.39 is 36.2 Å². The van der Waals surface area contributed by atoms with Crippen LogP contribution in [0.4, 0.5) is 4.79 Å². The first-order valence-electron chi connectivity index (χ1n) is 11.5. The summed E-state index contributed by atoms with van der Waals surface area (Å²) in [7, 11) is 1.41. The van der Waals surface area contributed by atoms with Gasteiger partial charge in [-0.25, -0.2) is 9.59 Å². The molecular formula is C26H32N2O6. The topological polar surface area (TPSA) is 114 Å². The molecule has 8 heteroatoms. The average molecular weight is 469 g/mol. The van der Waals surface area contributed by atoms with Gasteiger partial charge in [0.15, 0.2) is 0 Å². The van der Waals surface area contributed by atoms with E-state index in [0.29, 0.717) is 12.8 Å². The van der Waals surface area contributed by atoms with Crippen molar-refractivity contribution < 1.29 is 29.0 Å². The zero-order valence-corrected chi connectivity index (χ0v) is 19.7. The number of carboxylic acid groups (broad SMARTS) is 1. The molecule has 0 aromatic heterocycles. The maximum atomic E-state index is 12.8. The molecule has 1 aliphatic carbocycles. The highest BCUT2D eigenvalue weighted by Gasteiger charge is 2.32. The van der Waals surface area contributed by atoms with Crippen molar-refractivity contribution in [1.29, 1.82) is 0 Å². The van der Waals surface area contributed by atoms with Crippen LogP contribution in [-0.4, -0.2) is 55.0 Å². The molecule has 1 unspecified atom stereocenters. The van der Waals surface area contributed by atoms with Gasteiger partial charge in [0.05, 0.1) is 6.10 Å². The average Bonchev–Trinajstić information content (AvgIpc) is 3.16. The Balaban J connectivity index is 1.66. The Labute approximate surface area is 199 Å². The number of methoxy groups -OCH3 is 1. The van der Waals surface area contributed by atoms with Gasteiger partial charge in [0.2, 0.25) is 5.91 Å². The fourth-order valence-electron chi connectivity index (χ4n) is 4.23. The van der Waals surface area contributed by atoms with Crippen molar-refractivity contribution in [3.63, 3.8) is 0 Å². The molecule has 0 bridgehead atoms. The zero-order valence-electron chi connectivity index (χ0n) is 19.7. The van der Waals surface area contributed by atoms with Gasteiger partial charge in [-0.15, -0.1) is 0 Å². The van der Waals surface area contributed by atoms with Crippen molar-refractivity contribution in [3.05, 3.63) is 59.7 Å². The van der Waals surface area contributed by atoms with Gasteiger partial charge in [0, 0.05) is 13.0 Å². The van der Waals surface area contributed by atoms with Crippen molar-refractivity contribution in [2.75, 3.05) is 13.7 Å². The molecule has 0 saturated heterocycles. The summed E-state index contributed by atoms with van der Waals surface area (Å²) in [6.07, 6.45) is 0.292. The van der Waals surface area contributed by atoms with Crippen molar-refractivity contribution in [3.8, 4) is 11.1 Å². The highest BCUT2D eigenvalue weighted by Crippen LogP contribution is 2.44. The quantitative estimate of drug-likeness (QED) is 0.464. The number of rotatable bonds is 11. The van der Waals surface area contributed by atoms with E-state index in [9.17, 15) is 19.5 Å². The molecular weight excluding hydrogens is 436 g/mol. The van der Waals surface area contributed by atoms with Crippen LogP contribution < -0.4 is 10.6 Å². The van der Waals surface area contributed by atoms with Gasteiger partial charge < -0.3 is 25.2 Å². The molecule has 3 N–H and O–H groups in total. The highest BCUT2D eigenvalue weighted by molar-refractivity contribution is 5.89. The van der Waals surface area contributed by atoms with Crippen LogP contribution in [0.1, 0.15) is 50.2 Å². The van der Waals surface area contributed by atoms with Crippen molar-refractivity contribution >= 4 is 18.0 Å². The molecule has 0 heterocycles. The molecule has 34 heavy (non-hydrogen) atoms. The minimum atomic E-state index is -1.12. The Bertz CT molecular complexity index is 978. The van der Waals surface area contributed by atoms with E-state index in [2.05, 4.69) is 10.6 Å². The van der Waals surface area contributed by atoms with E-state index in [0.717, 1.165) is 28.7 Å². The fraction of sp³-hybridized carbons (Fsp3) is 0.423. The van der Waals surface area contributed by atoms with E-state index in [-0.39, 0.29) is 12.5 Å². The number of unbranched alkanes of at least 4 members (excludes halogenated alkanes) is 1. The third kappa shape index (κ3) is 5.75. The molecule has 3 rings (SSSR count). The standard InChI is InChI=1S/C26H32N2O6/c1-4-5-14-22(25(30)31)27-24(29)23(16(2)33-3)28-26(32)34-15-21-19-12-8-6-10-17(19)18-11-7-9-13-20(18)21/h6-13,16,21-23H,4-5,14-15H2,1-3H3,(H,27,29)(H,28,32)(H,30,31)/t16-,22?,23+/m1/s1. The summed E-state index contributed by atoms with van der Waals surface area (Å²) >= 11 is 0. The summed E-state index contributed by atoms with van der Waals surface area (Å²) in [6.45, 7) is 3.66. The third-order valence-corrected chi connectivity index (χ3v) is 6.20. The molecule has 2 amide bonds. The SMILES string of the molecule is CCCCC(NC(=O)[C@@H](NC(=O)OCC1c2ccccc2-c2ccccc21)[C@@H](C)OC)C(=O)O. The first-order chi connectivity index (χ1) is 16.4. The second-order valence-corrected chi connectivity index (χ2v) is 8.43. The number of hydrogen-bond donors (Lipinski definition) is 3. The number of nitrogens with one attached hydrogen (secondary N) is 2. The number of hydrogen-bond acceptors (Lipinski definition) is 5. The van der Waals surface area contributed by atoms with Gasteiger partial charge in [-0.2, -0.15) is 0 Å². The number of benzene rings is 2. The monoisotopic (exact) mass is 468 g/mol. The number of carbonyl (C=O) groups excluding carboxylic acids is 2. The van der Waals surface area contributed by atoms with Crippen molar-refractivity contribution in [1.82, 2.24) is 10.6 Å². The second kappa shape index (κ2) is 11.7. The van der Waals surface area contributed by atoms with Gasteiger partial charge in [0.1, 0.15) is 18.7 Å². The van der Waals surface area contributed by atoms with Crippen molar-refractivity contribution in [2.45, 2.75) is 57.2 Å². The largest absolute Gasteiger partial charge is 0.480 e. The number of fused-ring (bicyclic) bond motifs is 3. The van der Waals surface area contributed by atoms with Crippen LogP contribution in [-0.2, 0) is 19.1 Å². The lowest BCUT2D eigenvalue weighted by Gasteiger charge is -2.25. The molecule has 0 aliphatic heterocycles. The molecule has 1 aliphatic rings. The summed E-state index contributed by atoms with van der Waals surface area (Å²) in [4.78, 5) is 37.0. The summed E-state index contributed by atoms with van der Waals surface area (Å²) in [5.74, 6) is -1.87. The molecule has 0 saturated carbocycles. The molecule has 0 spiro atoms.